The number of amides is 1. The molecule has 3 atom stereocenters. The monoisotopic (exact) mass is 381 g/mol. The molecule has 1 aromatic carbocycles. The van der Waals surface area contributed by atoms with Crippen molar-refractivity contribution in [2.24, 2.45) is 11.8 Å². The molecule has 3 rings (SSSR count). The number of halogens is 1. The van der Waals surface area contributed by atoms with Gasteiger partial charge in [0.15, 0.2) is 6.10 Å². The Balaban J connectivity index is 1.52. The zero-order valence-electron chi connectivity index (χ0n) is 14.8. The number of carbonyl (C=O) groups is 2. The molecule has 1 N–H and O–H groups in total. The lowest BCUT2D eigenvalue weighted by atomic mass is 9.84. The first kappa shape index (κ1) is 19.0. The highest BCUT2D eigenvalue weighted by molar-refractivity contribution is 6.30. The first-order chi connectivity index (χ1) is 12.5. The van der Waals surface area contributed by atoms with E-state index in [1.807, 2.05) is 0 Å². The molecule has 2 aliphatic heterocycles. The lowest BCUT2D eigenvalue weighted by Gasteiger charge is -2.36. The second kappa shape index (κ2) is 8.27. The van der Waals surface area contributed by atoms with Crippen LogP contribution >= 0.6 is 11.6 Å². The van der Waals surface area contributed by atoms with Crippen LogP contribution in [0.25, 0.3) is 0 Å². The maximum atomic E-state index is 12.6. The first-order valence-electron chi connectivity index (χ1n) is 9.01. The fraction of sp³-hybridized carbons (Fsp3) is 0.579. The highest BCUT2D eigenvalue weighted by Crippen LogP contribution is 2.33. The fourth-order valence-electron chi connectivity index (χ4n) is 3.84. The van der Waals surface area contributed by atoms with Gasteiger partial charge in [0, 0.05) is 24.7 Å². The maximum absolute atomic E-state index is 12.6. The Bertz CT molecular complexity index is 659. The van der Waals surface area contributed by atoms with Gasteiger partial charge in [-0.25, -0.2) is 0 Å². The summed E-state index contributed by atoms with van der Waals surface area (Å²) in [5, 5.41) is 9.88. The summed E-state index contributed by atoms with van der Waals surface area (Å²) >= 11 is 5.94. The van der Waals surface area contributed by atoms with Crippen molar-refractivity contribution in [2.75, 3.05) is 19.7 Å². The number of aliphatic carboxylic acids is 1. The van der Waals surface area contributed by atoms with Crippen LogP contribution < -0.4 is 4.74 Å². The predicted octanol–water partition coefficient (Wildman–Crippen LogP) is 2.84. The van der Waals surface area contributed by atoms with Crippen molar-refractivity contribution < 1.29 is 24.2 Å². The minimum Gasteiger partial charge on any atom is -0.481 e. The second-order valence-electron chi connectivity index (χ2n) is 6.95. The number of carbonyl (C=O) groups excluding carboxylic acids is 1. The number of nitrogens with zero attached hydrogens (tertiary/aromatic N) is 1. The Hall–Kier alpha value is -1.79. The number of piperidine rings is 1. The molecule has 0 aromatic heterocycles. The van der Waals surface area contributed by atoms with Crippen LogP contribution in [0, 0.1) is 11.8 Å². The van der Waals surface area contributed by atoms with Crippen LogP contribution in [-0.2, 0) is 14.3 Å². The predicted molar refractivity (Wildman–Crippen MR) is 96.3 cm³/mol. The van der Waals surface area contributed by atoms with E-state index in [1.165, 1.54) is 0 Å². The minimum atomic E-state index is -0.783. The first-order valence-corrected chi connectivity index (χ1v) is 9.39. The van der Waals surface area contributed by atoms with Gasteiger partial charge in [-0.15, -0.1) is 0 Å². The van der Waals surface area contributed by atoms with Gasteiger partial charge in [0.25, 0.3) is 5.91 Å². The normalized spacial score (nSPS) is 25.1. The van der Waals surface area contributed by atoms with E-state index < -0.39 is 18.0 Å². The van der Waals surface area contributed by atoms with Crippen molar-refractivity contribution in [3.05, 3.63) is 29.3 Å². The van der Waals surface area contributed by atoms with Gasteiger partial charge in [0.05, 0.1) is 12.0 Å². The molecule has 26 heavy (non-hydrogen) atoms. The van der Waals surface area contributed by atoms with E-state index >= 15 is 0 Å². The number of hydrogen-bond donors (Lipinski definition) is 1. The summed E-state index contributed by atoms with van der Waals surface area (Å²) in [7, 11) is 0. The molecule has 6 nitrogen and oxygen atoms in total. The molecule has 2 saturated heterocycles. The van der Waals surface area contributed by atoms with Crippen LogP contribution in [0.1, 0.15) is 26.2 Å². The van der Waals surface area contributed by atoms with Crippen molar-refractivity contribution in [1.82, 2.24) is 4.90 Å². The molecule has 0 bridgehead atoms. The molecular formula is C19H24ClNO5. The van der Waals surface area contributed by atoms with Crippen LogP contribution in [0.2, 0.25) is 5.02 Å². The summed E-state index contributed by atoms with van der Waals surface area (Å²) in [4.78, 5) is 25.8. The van der Waals surface area contributed by atoms with E-state index in [-0.39, 0.29) is 17.9 Å². The third-order valence-corrected chi connectivity index (χ3v) is 5.46. The standard InChI is InChI=1S/C19H24ClNO5/c1-12(26-15-4-2-3-14(20)11-15)18(22)21-8-5-13(6-9-21)17-16(19(23)24)7-10-25-17/h2-4,11-13,16-17H,5-10H2,1H3,(H,23,24)/t12?,16?,17-/m0/s1. The van der Waals surface area contributed by atoms with Gasteiger partial charge in [-0.3, -0.25) is 9.59 Å². The van der Waals surface area contributed by atoms with Crippen LogP contribution in [0.4, 0.5) is 0 Å². The smallest absolute Gasteiger partial charge is 0.309 e. The Kier molecular flexibility index (Phi) is 6.04. The second-order valence-corrected chi connectivity index (χ2v) is 7.39. The lowest BCUT2D eigenvalue weighted by Crippen LogP contribution is -2.47. The van der Waals surface area contributed by atoms with E-state index in [0.29, 0.717) is 36.9 Å². The molecule has 1 aromatic rings. The summed E-state index contributed by atoms with van der Waals surface area (Å²) < 4.78 is 11.4. The number of hydrogen-bond acceptors (Lipinski definition) is 4. The van der Waals surface area contributed by atoms with Gasteiger partial charge in [0.2, 0.25) is 0 Å². The number of benzene rings is 1. The van der Waals surface area contributed by atoms with E-state index in [4.69, 9.17) is 21.1 Å². The van der Waals surface area contributed by atoms with Crippen molar-refractivity contribution in [1.29, 1.82) is 0 Å². The molecule has 0 radical (unpaired) electrons. The zero-order valence-corrected chi connectivity index (χ0v) is 15.5. The number of ether oxygens (including phenoxy) is 2. The number of carboxylic acids is 1. The van der Waals surface area contributed by atoms with E-state index in [9.17, 15) is 14.7 Å². The van der Waals surface area contributed by atoms with Crippen LogP contribution in [0.15, 0.2) is 24.3 Å². The van der Waals surface area contributed by atoms with Gasteiger partial charge in [0.1, 0.15) is 5.75 Å². The Morgan fingerprint density at radius 2 is 2.04 bits per heavy atom. The molecule has 2 aliphatic rings. The number of likely N-dealkylation sites (tertiary alicyclic amines) is 1. The highest BCUT2D eigenvalue weighted by atomic mass is 35.5. The number of rotatable bonds is 5. The van der Waals surface area contributed by atoms with Gasteiger partial charge < -0.3 is 19.5 Å². The topological polar surface area (TPSA) is 76.1 Å². The maximum Gasteiger partial charge on any atom is 0.309 e. The van der Waals surface area contributed by atoms with E-state index in [0.717, 1.165) is 12.8 Å². The van der Waals surface area contributed by atoms with Crippen molar-refractivity contribution >= 4 is 23.5 Å². The minimum absolute atomic E-state index is 0.0643. The third kappa shape index (κ3) is 4.30. The Morgan fingerprint density at radius 1 is 1.31 bits per heavy atom. The Morgan fingerprint density at radius 3 is 2.69 bits per heavy atom. The van der Waals surface area contributed by atoms with Crippen molar-refractivity contribution in [3.63, 3.8) is 0 Å². The fourth-order valence-corrected chi connectivity index (χ4v) is 4.02. The zero-order chi connectivity index (χ0) is 18.7. The van der Waals surface area contributed by atoms with Gasteiger partial charge in [-0.05, 0) is 50.3 Å². The van der Waals surface area contributed by atoms with E-state index in [2.05, 4.69) is 0 Å². The average molecular weight is 382 g/mol. The molecule has 0 aliphatic carbocycles. The molecule has 7 heteroatoms. The lowest BCUT2D eigenvalue weighted by molar-refractivity contribution is -0.146. The van der Waals surface area contributed by atoms with Crippen LogP contribution in [0.3, 0.4) is 0 Å². The highest BCUT2D eigenvalue weighted by Gasteiger charge is 2.41. The van der Waals surface area contributed by atoms with Crippen molar-refractivity contribution in [3.8, 4) is 5.75 Å². The van der Waals surface area contributed by atoms with Gasteiger partial charge in [-0.1, -0.05) is 17.7 Å². The summed E-state index contributed by atoms with van der Waals surface area (Å²) in [5.74, 6) is -0.517. The average Bonchev–Trinajstić information content (AvgIpc) is 3.11. The molecule has 0 spiro atoms. The SMILES string of the molecule is CC(Oc1cccc(Cl)c1)C(=O)N1CCC([C@@H]2OCCC2C(=O)O)CC1. The number of carboxylic acid groups (broad SMARTS) is 1. The van der Waals surface area contributed by atoms with Gasteiger partial charge >= 0.3 is 5.97 Å². The Labute approximate surface area is 158 Å². The quantitative estimate of drug-likeness (QED) is 0.848. The summed E-state index contributed by atoms with van der Waals surface area (Å²) in [6.07, 6.45) is 1.25. The van der Waals surface area contributed by atoms with Crippen molar-refractivity contribution in [2.45, 2.75) is 38.4 Å². The molecule has 2 heterocycles. The summed E-state index contributed by atoms with van der Waals surface area (Å²) in [6, 6.07) is 6.98. The summed E-state index contributed by atoms with van der Waals surface area (Å²) in [5.41, 5.74) is 0. The van der Waals surface area contributed by atoms with Crippen LogP contribution in [-0.4, -0.2) is 53.8 Å². The molecule has 2 fully saturated rings. The molecular weight excluding hydrogens is 358 g/mol. The molecule has 1 amide bonds. The van der Waals surface area contributed by atoms with Gasteiger partial charge in [-0.2, -0.15) is 0 Å². The van der Waals surface area contributed by atoms with E-state index in [1.54, 1.807) is 36.1 Å². The molecule has 0 saturated carbocycles. The molecule has 142 valence electrons. The largest absolute Gasteiger partial charge is 0.481 e. The van der Waals surface area contributed by atoms with Crippen LogP contribution in [0.5, 0.6) is 5.75 Å². The summed E-state index contributed by atoms with van der Waals surface area (Å²) in [6.45, 7) is 3.43. The third-order valence-electron chi connectivity index (χ3n) is 5.23. The molecule has 2 unspecified atom stereocenters.